The zero-order valence-corrected chi connectivity index (χ0v) is 15.1. The van der Waals surface area contributed by atoms with Crippen LogP contribution >= 0.6 is 0 Å². The summed E-state index contributed by atoms with van der Waals surface area (Å²) in [6.45, 7) is 3.88. The minimum absolute atomic E-state index is 0.0492. The fourth-order valence-electron chi connectivity index (χ4n) is 3.62. The fourth-order valence-corrected chi connectivity index (χ4v) is 3.62. The van der Waals surface area contributed by atoms with Gasteiger partial charge >= 0.3 is 5.97 Å². The molecule has 0 aliphatic carbocycles. The Bertz CT molecular complexity index is 1040. The first-order valence-corrected chi connectivity index (χ1v) is 8.81. The van der Waals surface area contributed by atoms with Gasteiger partial charge in [0.15, 0.2) is 0 Å². The highest BCUT2D eigenvalue weighted by atomic mass is 16.5. The van der Waals surface area contributed by atoms with Crippen LogP contribution in [0.1, 0.15) is 36.1 Å². The molecule has 0 saturated heterocycles. The highest BCUT2D eigenvalue weighted by Crippen LogP contribution is 2.40. The van der Waals surface area contributed by atoms with E-state index < -0.39 is 5.97 Å². The van der Waals surface area contributed by atoms with Gasteiger partial charge in [0, 0.05) is 30.3 Å². The third-order valence-electron chi connectivity index (χ3n) is 4.66. The Morgan fingerprint density at radius 2 is 2.15 bits per heavy atom. The summed E-state index contributed by atoms with van der Waals surface area (Å²) in [5.41, 5.74) is 4.13. The molecule has 27 heavy (non-hydrogen) atoms. The Kier molecular flexibility index (Phi) is 4.31. The predicted molar refractivity (Wildman–Crippen MR) is 98.2 cm³/mol. The molecule has 1 atom stereocenters. The van der Waals surface area contributed by atoms with Crippen LogP contribution in [0.3, 0.4) is 0 Å². The third-order valence-corrected chi connectivity index (χ3v) is 4.66. The molecular formula is C19H19N5O3. The van der Waals surface area contributed by atoms with Gasteiger partial charge in [0.1, 0.15) is 12.4 Å². The maximum atomic E-state index is 12.4. The number of nitrogens with one attached hydrogen (secondary N) is 1. The molecule has 2 aromatic heterocycles. The van der Waals surface area contributed by atoms with Gasteiger partial charge < -0.3 is 10.1 Å². The molecule has 1 amide bonds. The number of para-hydroxylation sites is 1. The number of hydrogen-bond donors (Lipinski definition) is 1. The van der Waals surface area contributed by atoms with Crippen molar-refractivity contribution in [1.29, 1.82) is 0 Å². The lowest BCUT2D eigenvalue weighted by atomic mass is 9.85. The summed E-state index contributed by atoms with van der Waals surface area (Å²) in [5, 5.41) is 7.33. The highest BCUT2D eigenvalue weighted by Gasteiger charge is 2.33. The summed E-state index contributed by atoms with van der Waals surface area (Å²) in [7, 11) is 0. The van der Waals surface area contributed by atoms with Crippen LogP contribution in [0.5, 0.6) is 0 Å². The summed E-state index contributed by atoms with van der Waals surface area (Å²) in [6, 6.07) is 5.77. The first-order chi connectivity index (χ1) is 13.1. The number of fused-ring (bicyclic) bond motifs is 2. The number of carbonyl (C=O) groups is 2. The molecule has 0 bridgehead atoms. The van der Waals surface area contributed by atoms with Crippen LogP contribution in [0.15, 0.2) is 30.6 Å². The SMILES string of the molecule is CCOC(=O)Cn1nc(C)c2c1NC(=O)C[C@@H]2c1cccc2nccnc12. The van der Waals surface area contributed by atoms with E-state index >= 15 is 0 Å². The Balaban J connectivity index is 1.83. The summed E-state index contributed by atoms with van der Waals surface area (Å²) >= 11 is 0. The lowest BCUT2D eigenvalue weighted by Crippen LogP contribution is -2.26. The number of aryl methyl sites for hydroxylation is 1. The monoisotopic (exact) mass is 365 g/mol. The number of carbonyl (C=O) groups excluding carboxylic acids is 2. The van der Waals surface area contributed by atoms with Gasteiger partial charge in [-0.25, -0.2) is 4.68 Å². The van der Waals surface area contributed by atoms with Gasteiger partial charge in [-0.05, 0) is 25.5 Å². The molecule has 0 radical (unpaired) electrons. The number of benzene rings is 1. The maximum Gasteiger partial charge on any atom is 0.327 e. The molecule has 1 N–H and O–H groups in total. The molecule has 0 saturated carbocycles. The van der Waals surface area contributed by atoms with E-state index in [1.54, 1.807) is 19.3 Å². The zero-order valence-electron chi connectivity index (χ0n) is 15.1. The largest absolute Gasteiger partial charge is 0.465 e. The number of nitrogens with zero attached hydrogens (tertiary/aromatic N) is 4. The van der Waals surface area contributed by atoms with Crippen molar-refractivity contribution in [3.63, 3.8) is 0 Å². The molecule has 4 rings (SSSR count). The van der Waals surface area contributed by atoms with Gasteiger partial charge in [-0.15, -0.1) is 0 Å². The average molecular weight is 365 g/mol. The van der Waals surface area contributed by atoms with Crippen molar-refractivity contribution in [2.45, 2.75) is 32.7 Å². The second-order valence-corrected chi connectivity index (χ2v) is 6.39. The van der Waals surface area contributed by atoms with E-state index in [0.717, 1.165) is 27.9 Å². The van der Waals surface area contributed by atoms with Crippen LogP contribution in [-0.2, 0) is 20.9 Å². The second kappa shape index (κ2) is 6.79. The molecular weight excluding hydrogens is 346 g/mol. The van der Waals surface area contributed by atoms with Gasteiger partial charge in [-0.2, -0.15) is 5.10 Å². The quantitative estimate of drug-likeness (QED) is 0.712. The molecule has 3 aromatic rings. The van der Waals surface area contributed by atoms with E-state index in [-0.39, 0.29) is 24.8 Å². The van der Waals surface area contributed by atoms with Gasteiger partial charge in [0.05, 0.1) is 23.3 Å². The topological polar surface area (TPSA) is 99.0 Å². The number of aromatic nitrogens is 4. The number of hydrogen-bond acceptors (Lipinski definition) is 6. The minimum atomic E-state index is -0.393. The Hall–Kier alpha value is -3.29. The second-order valence-electron chi connectivity index (χ2n) is 6.39. The van der Waals surface area contributed by atoms with Crippen LogP contribution in [0.25, 0.3) is 11.0 Å². The Morgan fingerprint density at radius 3 is 2.96 bits per heavy atom. The summed E-state index contributed by atoms with van der Waals surface area (Å²) in [4.78, 5) is 33.1. The number of anilines is 1. The van der Waals surface area contributed by atoms with Crippen molar-refractivity contribution in [3.05, 3.63) is 47.4 Å². The molecule has 1 aliphatic rings. The number of esters is 1. The van der Waals surface area contributed by atoms with Gasteiger partial charge in [0.25, 0.3) is 0 Å². The molecule has 3 heterocycles. The molecule has 0 fully saturated rings. The van der Waals surface area contributed by atoms with E-state index in [9.17, 15) is 9.59 Å². The van der Waals surface area contributed by atoms with Crippen LogP contribution in [0.2, 0.25) is 0 Å². The van der Waals surface area contributed by atoms with Crippen molar-refractivity contribution < 1.29 is 14.3 Å². The summed E-state index contributed by atoms with van der Waals surface area (Å²) in [6.07, 6.45) is 3.58. The fraction of sp³-hybridized carbons (Fsp3) is 0.316. The Morgan fingerprint density at radius 1 is 1.33 bits per heavy atom. The maximum absolute atomic E-state index is 12.4. The standard InChI is InChI=1S/C19H19N5O3/c1-3-27-16(26)10-24-19-17(11(2)23-24)13(9-15(25)22-19)12-5-4-6-14-18(12)21-8-7-20-14/h4-8,13H,3,9-10H2,1-2H3,(H,22,25)/t13-/m1/s1. The zero-order chi connectivity index (χ0) is 19.0. The van der Waals surface area contributed by atoms with E-state index in [2.05, 4.69) is 20.4 Å². The highest BCUT2D eigenvalue weighted by molar-refractivity contribution is 5.96. The molecule has 1 aliphatic heterocycles. The molecule has 138 valence electrons. The van der Waals surface area contributed by atoms with Crippen molar-refractivity contribution in [3.8, 4) is 0 Å². The van der Waals surface area contributed by atoms with Crippen LogP contribution in [-0.4, -0.2) is 38.2 Å². The summed E-state index contributed by atoms with van der Waals surface area (Å²) < 4.78 is 6.51. The molecule has 0 spiro atoms. The lowest BCUT2D eigenvalue weighted by Gasteiger charge is -2.24. The predicted octanol–water partition coefficient (Wildman–Crippen LogP) is 2.17. The van der Waals surface area contributed by atoms with Crippen molar-refractivity contribution in [2.24, 2.45) is 0 Å². The number of ether oxygens (including phenoxy) is 1. The first kappa shape index (κ1) is 17.1. The summed E-state index contributed by atoms with van der Waals surface area (Å²) in [5.74, 6) is -0.179. The van der Waals surface area contributed by atoms with Gasteiger partial charge in [0.2, 0.25) is 5.91 Å². The minimum Gasteiger partial charge on any atom is -0.465 e. The van der Waals surface area contributed by atoms with Crippen molar-refractivity contribution in [2.75, 3.05) is 11.9 Å². The van der Waals surface area contributed by atoms with Crippen LogP contribution in [0, 0.1) is 6.92 Å². The van der Waals surface area contributed by atoms with Gasteiger partial charge in [-0.3, -0.25) is 19.6 Å². The molecule has 8 heteroatoms. The van der Waals surface area contributed by atoms with E-state index in [4.69, 9.17) is 4.74 Å². The smallest absolute Gasteiger partial charge is 0.327 e. The van der Waals surface area contributed by atoms with Crippen LogP contribution in [0.4, 0.5) is 5.82 Å². The van der Waals surface area contributed by atoms with Gasteiger partial charge in [-0.1, -0.05) is 12.1 Å². The van der Waals surface area contributed by atoms with E-state index in [1.807, 2.05) is 25.1 Å². The first-order valence-electron chi connectivity index (χ1n) is 8.81. The van der Waals surface area contributed by atoms with E-state index in [0.29, 0.717) is 12.4 Å². The average Bonchev–Trinajstić information content (AvgIpc) is 2.96. The number of amides is 1. The third kappa shape index (κ3) is 3.03. The molecule has 1 aromatic carbocycles. The van der Waals surface area contributed by atoms with E-state index in [1.165, 1.54) is 4.68 Å². The van der Waals surface area contributed by atoms with Crippen molar-refractivity contribution in [1.82, 2.24) is 19.7 Å². The van der Waals surface area contributed by atoms with Crippen molar-refractivity contribution >= 4 is 28.7 Å². The van der Waals surface area contributed by atoms with Crippen LogP contribution < -0.4 is 5.32 Å². The Labute approximate surface area is 155 Å². The molecule has 8 nitrogen and oxygen atoms in total. The normalized spacial score (nSPS) is 16.1. The lowest BCUT2D eigenvalue weighted by molar-refractivity contribution is -0.144. The number of rotatable bonds is 4. The molecule has 0 unspecified atom stereocenters.